The quantitative estimate of drug-likeness (QED) is 0.370. The van der Waals surface area contributed by atoms with Gasteiger partial charge in [0.15, 0.2) is 5.16 Å². The van der Waals surface area contributed by atoms with E-state index in [1.807, 2.05) is 60.9 Å². The van der Waals surface area contributed by atoms with Crippen molar-refractivity contribution in [2.75, 3.05) is 7.11 Å². The summed E-state index contributed by atoms with van der Waals surface area (Å²) in [4.78, 5) is 21.2. The van der Waals surface area contributed by atoms with Crippen LogP contribution in [0, 0.1) is 11.3 Å². The Hall–Kier alpha value is -3.37. The number of hydrogen-bond acceptors (Lipinski definition) is 6. The standard InChI is InChI=1S/C22H18N4O2S/c1-22(2,20(27)28-3)29-21-25-17-13-24-11-10-19(17)26(21)18-9-8-14(12-23)15-6-4-5-7-16(15)18/h4-11,13H,1-3H3. The number of nitrogens with zero attached hydrogens (tertiary/aromatic N) is 4. The van der Waals surface area contributed by atoms with Crippen molar-refractivity contribution < 1.29 is 9.53 Å². The lowest BCUT2D eigenvalue weighted by Gasteiger charge is -2.21. The van der Waals surface area contributed by atoms with Crippen molar-refractivity contribution in [3.8, 4) is 11.8 Å². The average Bonchev–Trinajstić information content (AvgIpc) is 3.09. The molecule has 2 aromatic carbocycles. The van der Waals surface area contributed by atoms with Crippen LogP contribution < -0.4 is 0 Å². The fourth-order valence-corrected chi connectivity index (χ4v) is 4.36. The van der Waals surface area contributed by atoms with Crippen LogP contribution in [-0.4, -0.2) is 32.4 Å². The van der Waals surface area contributed by atoms with Gasteiger partial charge in [0.25, 0.3) is 0 Å². The summed E-state index contributed by atoms with van der Waals surface area (Å²) in [6.07, 6.45) is 3.42. The first-order chi connectivity index (χ1) is 14.0. The molecule has 0 spiro atoms. The minimum Gasteiger partial charge on any atom is -0.468 e. The average molecular weight is 402 g/mol. The first-order valence-electron chi connectivity index (χ1n) is 8.98. The van der Waals surface area contributed by atoms with Gasteiger partial charge in [0.1, 0.15) is 10.3 Å². The Labute approximate surface area is 172 Å². The van der Waals surface area contributed by atoms with E-state index in [1.54, 1.807) is 12.4 Å². The SMILES string of the molecule is COC(=O)C(C)(C)Sc1nc2cnccc2n1-c1ccc(C#N)c2ccccc12. The van der Waals surface area contributed by atoms with E-state index >= 15 is 0 Å². The summed E-state index contributed by atoms with van der Waals surface area (Å²) in [6, 6.07) is 15.6. The van der Waals surface area contributed by atoms with Gasteiger partial charge in [0.05, 0.1) is 36.1 Å². The van der Waals surface area contributed by atoms with Gasteiger partial charge in [-0.1, -0.05) is 36.0 Å². The summed E-state index contributed by atoms with van der Waals surface area (Å²) in [5.74, 6) is -0.330. The highest BCUT2D eigenvalue weighted by atomic mass is 32.2. The summed E-state index contributed by atoms with van der Waals surface area (Å²) in [5.41, 5.74) is 3.10. The lowest BCUT2D eigenvalue weighted by atomic mass is 10.0. The number of fused-ring (bicyclic) bond motifs is 2. The number of esters is 1. The number of carbonyl (C=O) groups excluding carboxylic acids is 1. The van der Waals surface area contributed by atoms with Crippen molar-refractivity contribution in [3.63, 3.8) is 0 Å². The number of ether oxygens (including phenoxy) is 1. The Morgan fingerprint density at radius 2 is 1.93 bits per heavy atom. The molecule has 4 rings (SSSR count). The summed E-state index contributed by atoms with van der Waals surface area (Å²) in [5, 5.41) is 11.9. The maximum atomic E-state index is 12.3. The van der Waals surface area contributed by atoms with Crippen molar-refractivity contribution in [3.05, 3.63) is 60.4 Å². The van der Waals surface area contributed by atoms with Gasteiger partial charge in [-0.05, 0) is 32.0 Å². The molecule has 7 heteroatoms. The van der Waals surface area contributed by atoms with Gasteiger partial charge < -0.3 is 4.74 Å². The smallest absolute Gasteiger partial charge is 0.321 e. The minimum absolute atomic E-state index is 0.330. The van der Waals surface area contributed by atoms with Crippen LogP contribution in [0.5, 0.6) is 0 Å². The van der Waals surface area contributed by atoms with Gasteiger partial charge in [-0.3, -0.25) is 14.3 Å². The van der Waals surface area contributed by atoms with Gasteiger partial charge >= 0.3 is 5.97 Å². The van der Waals surface area contributed by atoms with Gasteiger partial charge in [0.2, 0.25) is 0 Å². The number of aromatic nitrogens is 3. The van der Waals surface area contributed by atoms with Gasteiger partial charge in [-0.25, -0.2) is 4.98 Å². The zero-order valence-electron chi connectivity index (χ0n) is 16.2. The molecule has 144 valence electrons. The molecular formula is C22H18N4O2S. The molecule has 29 heavy (non-hydrogen) atoms. The Balaban J connectivity index is 2.01. The van der Waals surface area contributed by atoms with Gasteiger partial charge in [-0.2, -0.15) is 5.26 Å². The molecule has 6 nitrogen and oxygen atoms in total. The Kier molecular flexibility index (Phi) is 4.73. The van der Waals surface area contributed by atoms with E-state index in [0.29, 0.717) is 10.7 Å². The van der Waals surface area contributed by atoms with E-state index in [2.05, 4.69) is 11.1 Å². The Bertz CT molecular complexity index is 1290. The second kappa shape index (κ2) is 7.22. The predicted octanol–water partition coefficient (Wildman–Crippen LogP) is 4.49. The molecule has 0 aliphatic rings. The van der Waals surface area contributed by atoms with Crippen LogP contribution in [0.1, 0.15) is 19.4 Å². The van der Waals surface area contributed by atoms with Crippen molar-refractivity contribution in [2.45, 2.75) is 23.8 Å². The number of carbonyl (C=O) groups is 1. The number of methoxy groups -OCH3 is 1. The third-order valence-electron chi connectivity index (χ3n) is 4.71. The lowest BCUT2D eigenvalue weighted by Crippen LogP contribution is -2.29. The van der Waals surface area contributed by atoms with E-state index < -0.39 is 4.75 Å². The molecule has 0 bridgehead atoms. The van der Waals surface area contributed by atoms with Crippen LogP contribution in [0.2, 0.25) is 0 Å². The molecule has 0 fully saturated rings. The Morgan fingerprint density at radius 1 is 1.17 bits per heavy atom. The monoisotopic (exact) mass is 402 g/mol. The summed E-state index contributed by atoms with van der Waals surface area (Å²) < 4.78 is 6.14. The molecule has 4 aromatic rings. The van der Waals surface area contributed by atoms with E-state index in [9.17, 15) is 10.1 Å². The molecular weight excluding hydrogens is 384 g/mol. The van der Waals surface area contributed by atoms with Crippen LogP contribution in [0.25, 0.3) is 27.5 Å². The number of benzene rings is 2. The number of imidazole rings is 1. The van der Waals surface area contributed by atoms with Gasteiger partial charge in [-0.15, -0.1) is 0 Å². The summed E-state index contributed by atoms with van der Waals surface area (Å²) in [7, 11) is 1.38. The van der Waals surface area contributed by atoms with Crippen LogP contribution in [-0.2, 0) is 9.53 Å². The second-order valence-corrected chi connectivity index (χ2v) is 8.58. The molecule has 0 saturated carbocycles. The molecule has 0 saturated heterocycles. The number of thioether (sulfide) groups is 1. The van der Waals surface area contributed by atoms with E-state index in [4.69, 9.17) is 9.72 Å². The first-order valence-corrected chi connectivity index (χ1v) is 9.80. The molecule has 0 unspecified atom stereocenters. The fraction of sp³-hybridized carbons (Fsp3) is 0.182. The maximum absolute atomic E-state index is 12.3. The van der Waals surface area contributed by atoms with Crippen LogP contribution in [0.3, 0.4) is 0 Å². The van der Waals surface area contributed by atoms with Crippen molar-refractivity contribution in [1.29, 1.82) is 5.26 Å². The molecule has 0 aliphatic heterocycles. The highest BCUT2D eigenvalue weighted by Gasteiger charge is 2.33. The van der Waals surface area contributed by atoms with Crippen LogP contribution in [0.4, 0.5) is 0 Å². The fourth-order valence-electron chi connectivity index (χ4n) is 3.30. The topological polar surface area (TPSA) is 80.8 Å². The normalized spacial score (nSPS) is 11.5. The van der Waals surface area contributed by atoms with Crippen molar-refractivity contribution in [1.82, 2.24) is 14.5 Å². The number of hydrogen-bond donors (Lipinski definition) is 0. The van der Waals surface area contributed by atoms with Crippen molar-refractivity contribution in [2.24, 2.45) is 0 Å². The summed E-state index contributed by atoms with van der Waals surface area (Å²) in [6.45, 7) is 3.62. The predicted molar refractivity (Wildman–Crippen MR) is 113 cm³/mol. The third-order valence-corrected chi connectivity index (χ3v) is 5.85. The zero-order chi connectivity index (χ0) is 20.6. The molecule has 2 aromatic heterocycles. The van der Waals surface area contributed by atoms with Crippen molar-refractivity contribution >= 4 is 39.5 Å². The molecule has 2 heterocycles. The zero-order valence-corrected chi connectivity index (χ0v) is 17.0. The van der Waals surface area contributed by atoms with E-state index in [-0.39, 0.29) is 5.97 Å². The molecule has 0 N–H and O–H groups in total. The number of rotatable bonds is 4. The highest BCUT2D eigenvalue weighted by molar-refractivity contribution is 8.01. The first kappa shape index (κ1) is 19.0. The van der Waals surface area contributed by atoms with E-state index in [0.717, 1.165) is 27.5 Å². The van der Waals surface area contributed by atoms with E-state index in [1.165, 1.54) is 18.9 Å². The molecule has 0 amide bonds. The summed E-state index contributed by atoms with van der Waals surface area (Å²) >= 11 is 1.33. The lowest BCUT2D eigenvalue weighted by molar-refractivity contribution is -0.142. The number of nitriles is 1. The number of pyridine rings is 1. The maximum Gasteiger partial charge on any atom is 0.321 e. The third kappa shape index (κ3) is 3.22. The minimum atomic E-state index is -0.830. The highest BCUT2D eigenvalue weighted by Crippen LogP contribution is 2.38. The molecule has 0 atom stereocenters. The van der Waals surface area contributed by atoms with Crippen LogP contribution >= 0.6 is 11.8 Å². The molecule has 0 aliphatic carbocycles. The Morgan fingerprint density at radius 3 is 2.66 bits per heavy atom. The second-order valence-electron chi connectivity index (χ2n) is 6.99. The largest absolute Gasteiger partial charge is 0.468 e. The van der Waals surface area contributed by atoms with Crippen LogP contribution in [0.15, 0.2) is 60.0 Å². The molecule has 0 radical (unpaired) electrons. The van der Waals surface area contributed by atoms with Gasteiger partial charge in [0, 0.05) is 17.0 Å².